The van der Waals surface area contributed by atoms with Gasteiger partial charge in [0.25, 0.3) is 0 Å². The summed E-state index contributed by atoms with van der Waals surface area (Å²) in [7, 11) is 1.61. The lowest BCUT2D eigenvalue weighted by Crippen LogP contribution is -2.36. The minimum Gasteiger partial charge on any atom is -0.497 e. The Morgan fingerprint density at radius 1 is 1.17 bits per heavy atom. The smallest absolute Gasteiger partial charge is 0.229 e. The Morgan fingerprint density at radius 2 is 1.78 bits per heavy atom. The largest absolute Gasteiger partial charge is 0.497 e. The van der Waals surface area contributed by atoms with E-state index in [0.717, 1.165) is 11.3 Å². The molecular formula is C17H22N2O4. The summed E-state index contributed by atoms with van der Waals surface area (Å²) in [5, 5.41) is 0. The van der Waals surface area contributed by atoms with Gasteiger partial charge in [-0.05, 0) is 24.6 Å². The molecule has 23 heavy (non-hydrogen) atoms. The minimum absolute atomic E-state index is 0.0594. The molecule has 1 aromatic rings. The lowest BCUT2D eigenvalue weighted by molar-refractivity contribution is -0.139. The fourth-order valence-electron chi connectivity index (χ4n) is 2.57. The molecule has 3 amide bonds. The first kappa shape index (κ1) is 17.0. The van der Waals surface area contributed by atoms with Gasteiger partial charge in [-0.25, -0.2) is 0 Å². The van der Waals surface area contributed by atoms with Gasteiger partial charge in [0.15, 0.2) is 0 Å². The molecule has 0 spiro atoms. The molecule has 0 bridgehead atoms. The zero-order valence-electron chi connectivity index (χ0n) is 13.6. The van der Waals surface area contributed by atoms with E-state index in [0.29, 0.717) is 13.1 Å². The number of methoxy groups -OCH3 is 1. The van der Waals surface area contributed by atoms with Crippen LogP contribution >= 0.6 is 0 Å². The molecule has 1 heterocycles. The molecule has 124 valence electrons. The highest BCUT2D eigenvalue weighted by Gasteiger charge is 2.29. The van der Waals surface area contributed by atoms with Gasteiger partial charge < -0.3 is 9.64 Å². The van der Waals surface area contributed by atoms with Crippen molar-refractivity contribution in [1.82, 2.24) is 9.80 Å². The van der Waals surface area contributed by atoms with Crippen molar-refractivity contribution in [3.63, 3.8) is 0 Å². The molecule has 0 aromatic heterocycles. The van der Waals surface area contributed by atoms with Crippen LogP contribution in [0.15, 0.2) is 24.3 Å². The highest BCUT2D eigenvalue weighted by molar-refractivity contribution is 6.02. The second-order valence-electron chi connectivity index (χ2n) is 5.45. The van der Waals surface area contributed by atoms with Gasteiger partial charge in [0, 0.05) is 38.9 Å². The molecule has 0 atom stereocenters. The summed E-state index contributed by atoms with van der Waals surface area (Å²) in [5.41, 5.74) is 1.01. The first-order valence-electron chi connectivity index (χ1n) is 7.79. The lowest BCUT2D eigenvalue weighted by Gasteiger charge is -2.22. The molecule has 1 aliphatic heterocycles. The number of amides is 3. The Balaban J connectivity index is 1.90. The third-order valence-corrected chi connectivity index (χ3v) is 3.97. The first-order chi connectivity index (χ1) is 11.0. The first-order valence-corrected chi connectivity index (χ1v) is 7.79. The van der Waals surface area contributed by atoms with Crippen LogP contribution in [0, 0.1) is 0 Å². The molecule has 1 aromatic carbocycles. The topological polar surface area (TPSA) is 66.9 Å². The quantitative estimate of drug-likeness (QED) is 0.716. The van der Waals surface area contributed by atoms with Crippen LogP contribution in [0.2, 0.25) is 0 Å². The Kier molecular flexibility index (Phi) is 5.73. The van der Waals surface area contributed by atoms with E-state index in [9.17, 15) is 14.4 Å². The standard InChI is InChI=1S/C17H22N2O4/c1-3-18(12-13-4-6-14(23-2)7-5-13)15(20)10-11-19-16(21)8-9-17(19)22/h4-7H,3,8-12H2,1-2H3. The fourth-order valence-corrected chi connectivity index (χ4v) is 2.57. The van der Waals surface area contributed by atoms with Gasteiger partial charge in [0.1, 0.15) is 5.75 Å². The number of ether oxygens (including phenoxy) is 1. The predicted octanol–water partition coefficient (Wildman–Crippen LogP) is 1.58. The molecule has 6 heteroatoms. The summed E-state index contributed by atoms with van der Waals surface area (Å²) in [6.45, 7) is 3.16. The van der Waals surface area contributed by atoms with Gasteiger partial charge in [0.05, 0.1) is 7.11 Å². The molecule has 0 aliphatic carbocycles. The van der Waals surface area contributed by atoms with Crippen LogP contribution in [-0.2, 0) is 20.9 Å². The molecule has 0 saturated carbocycles. The van der Waals surface area contributed by atoms with Crippen LogP contribution in [0.4, 0.5) is 0 Å². The van der Waals surface area contributed by atoms with Crippen molar-refractivity contribution in [2.75, 3.05) is 20.2 Å². The normalized spacial score (nSPS) is 14.3. The van der Waals surface area contributed by atoms with Gasteiger partial charge in [-0.1, -0.05) is 12.1 Å². The number of carbonyl (C=O) groups is 3. The van der Waals surface area contributed by atoms with Gasteiger partial charge in [0.2, 0.25) is 17.7 Å². The molecule has 1 saturated heterocycles. The van der Waals surface area contributed by atoms with Crippen molar-refractivity contribution in [2.24, 2.45) is 0 Å². The van der Waals surface area contributed by atoms with Crippen molar-refractivity contribution < 1.29 is 19.1 Å². The number of imide groups is 1. The number of likely N-dealkylation sites (tertiary alicyclic amines) is 1. The zero-order chi connectivity index (χ0) is 16.8. The van der Waals surface area contributed by atoms with E-state index in [1.54, 1.807) is 12.0 Å². The number of rotatable bonds is 7. The van der Waals surface area contributed by atoms with Crippen molar-refractivity contribution in [2.45, 2.75) is 32.7 Å². The van der Waals surface area contributed by atoms with E-state index < -0.39 is 0 Å². The van der Waals surface area contributed by atoms with Crippen molar-refractivity contribution >= 4 is 17.7 Å². The highest BCUT2D eigenvalue weighted by atomic mass is 16.5. The third kappa shape index (κ3) is 4.31. The summed E-state index contributed by atoms with van der Waals surface area (Å²) in [6, 6.07) is 7.55. The molecule has 0 N–H and O–H groups in total. The van der Waals surface area contributed by atoms with Gasteiger partial charge in [-0.2, -0.15) is 0 Å². The maximum Gasteiger partial charge on any atom is 0.229 e. The minimum atomic E-state index is -0.180. The van der Waals surface area contributed by atoms with Crippen LogP contribution < -0.4 is 4.74 Å². The van der Waals surface area contributed by atoms with Gasteiger partial charge in [-0.15, -0.1) is 0 Å². The highest BCUT2D eigenvalue weighted by Crippen LogP contribution is 2.15. The molecule has 1 fully saturated rings. The SMILES string of the molecule is CCN(Cc1ccc(OC)cc1)C(=O)CCN1C(=O)CCC1=O. The number of nitrogens with zero attached hydrogens (tertiary/aromatic N) is 2. The van der Waals surface area contributed by atoms with E-state index in [2.05, 4.69) is 0 Å². The number of hydrogen-bond donors (Lipinski definition) is 0. The van der Waals surface area contributed by atoms with Crippen LogP contribution in [0.25, 0.3) is 0 Å². The third-order valence-electron chi connectivity index (χ3n) is 3.97. The predicted molar refractivity (Wildman–Crippen MR) is 84.7 cm³/mol. The van der Waals surface area contributed by atoms with E-state index in [4.69, 9.17) is 4.74 Å². The maximum absolute atomic E-state index is 12.3. The van der Waals surface area contributed by atoms with Gasteiger partial charge in [-0.3, -0.25) is 19.3 Å². The monoisotopic (exact) mass is 318 g/mol. The van der Waals surface area contributed by atoms with E-state index in [1.165, 1.54) is 4.90 Å². The second-order valence-corrected chi connectivity index (χ2v) is 5.45. The van der Waals surface area contributed by atoms with Crippen LogP contribution in [0.5, 0.6) is 5.75 Å². The maximum atomic E-state index is 12.3. The Bertz CT molecular complexity index is 567. The molecule has 1 aliphatic rings. The summed E-state index contributed by atoms with van der Waals surface area (Å²) in [5.74, 6) is 0.354. The Morgan fingerprint density at radius 3 is 2.30 bits per heavy atom. The van der Waals surface area contributed by atoms with Gasteiger partial charge >= 0.3 is 0 Å². The van der Waals surface area contributed by atoms with Crippen molar-refractivity contribution in [1.29, 1.82) is 0 Å². The Labute approximate surface area is 136 Å². The summed E-state index contributed by atoms with van der Waals surface area (Å²) in [6.07, 6.45) is 0.689. The fraction of sp³-hybridized carbons (Fsp3) is 0.471. The van der Waals surface area contributed by atoms with E-state index in [1.807, 2.05) is 31.2 Å². The summed E-state index contributed by atoms with van der Waals surface area (Å²) in [4.78, 5) is 38.3. The summed E-state index contributed by atoms with van der Waals surface area (Å²) < 4.78 is 5.11. The molecule has 2 rings (SSSR count). The number of carbonyl (C=O) groups excluding carboxylic acids is 3. The number of hydrogen-bond acceptors (Lipinski definition) is 4. The lowest BCUT2D eigenvalue weighted by atomic mass is 10.2. The Hall–Kier alpha value is -2.37. The average molecular weight is 318 g/mol. The molecule has 6 nitrogen and oxygen atoms in total. The van der Waals surface area contributed by atoms with Crippen LogP contribution in [-0.4, -0.2) is 47.7 Å². The van der Waals surface area contributed by atoms with E-state index >= 15 is 0 Å². The van der Waals surface area contributed by atoms with E-state index in [-0.39, 0.29) is 43.5 Å². The zero-order valence-corrected chi connectivity index (χ0v) is 13.6. The van der Waals surface area contributed by atoms with Crippen LogP contribution in [0.3, 0.4) is 0 Å². The molecule has 0 radical (unpaired) electrons. The van der Waals surface area contributed by atoms with Crippen molar-refractivity contribution in [3.8, 4) is 5.75 Å². The average Bonchev–Trinajstić information content (AvgIpc) is 2.89. The second kappa shape index (κ2) is 7.76. The summed E-state index contributed by atoms with van der Waals surface area (Å²) >= 11 is 0. The molecular weight excluding hydrogens is 296 g/mol. The molecule has 0 unspecified atom stereocenters. The van der Waals surface area contributed by atoms with Crippen molar-refractivity contribution in [3.05, 3.63) is 29.8 Å². The number of benzene rings is 1. The van der Waals surface area contributed by atoms with Crippen LogP contribution in [0.1, 0.15) is 31.7 Å².